The molecule has 2 unspecified atom stereocenters. The van der Waals surface area contributed by atoms with E-state index in [9.17, 15) is 4.79 Å². The molecule has 0 aliphatic carbocycles. The highest BCUT2D eigenvalue weighted by molar-refractivity contribution is 5.92. The lowest BCUT2D eigenvalue weighted by Gasteiger charge is -2.22. The maximum Gasteiger partial charge on any atom is 0.271 e. The number of hydrogen-bond donors (Lipinski definition) is 2. The third kappa shape index (κ3) is 2.58. The molecule has 0 saturated carbocycles. The standard InChI is InChI=1S/C17H18N4O2/c22-7-1-2-13-3-4-14-8-18-16(11-21(13)14)17(23)19-15-10-20-6-5-12(15)9-20/h3-4,8,11-12,15,22H,5-7,9-10H2,(H,19,23)/t12-,15?/m0/s1. The van der Waals surface area contributed by atoms with E-state index in [1.807, 2.05) is 16.5 Å². The average molecular weight is 310 g/mol. The lowest BCUT2D eigenvalue weighted by Crippen LogP contribution is -2.43. The Bertz CT molecular complexity index is 817. The summed E-state index contributed by atoms with van der Waals surface area (Å²) in [7, 11) is 0. The number of carbonyl (C=O) groups excluding carboxylic acids is 1. The Morgan fingerprint density at radius 3 is 3.09 bits per heavy atom. The summed E-state index contributed by atoms with van der Waals surface area (Å²) in [6.07, 6.45) is 4.54. The molecule has 6 nitrogen and oxygen atoms in total. The number of hydrogen-bond acceptors (Lipinski definition) is 4. The maximum atomic E-state index is 12.5. The quantitative estimate of drug-likeness (QED) is 0.773. The van der Waals surface area contributed by atoms with Crippen LogP contribution in [0.3, 0.4) is 0 Å². The molecular weight excluding hydrogens is 292 g/mol. The minimum Gasteiger partial charge on any atom is -0.384 e. The number of aliphatic hydroxyl groups is 1. The summed E-state index contributed by atoms with van der Waals surface area (Å²) < 4.78 is 1.83. The van der Waals surface area contributed by atoms with E-state index in [1.165, 1.54) is 0 Å². The van der Waals surface area contributed by atoms with Gasteiger partial charge in [0.2, 0.25) is 0 Å². The van der Waals surface area contributed by atoms with Gasteiger partial charge in [-0.3, -0.25) is 4.79 Å². The van der Waals surface area contributed by atoms with Crippen molar-refractivity contribution in [3.05, 3.63) is 35.9 Å². The first-order valence-corrected chi connectivity index (χ1v) is 7.84. The van der Waals surface area contributed by atoms with Crippen LogP contribution in [0.5, 0.6) is 0 Å². The Morgan fingerprint density at radius 2 is 2.35 bits per heavy atom. The van der Waals surface area contributed by atoms with Crippen molar-refractivity contribution in [2.75, 3.05) is 26.2 Å². The highest BCUT2D eigenvalue weighted by Crippen LogP contribution is 2.27. The summed E-state index contributed by atoms with van der Waals surface area (Å²) in [6, 6.07) is 3.97. The third-order valence-corrected chi connectivity index (χ3v) is 4.71. The van der Waals surface area contributed by atoms with Gasteiger partial charge in [-0.05, 0) is 36.9 Å². The second kappa shape index (κ2) is 5.69. The van der Waals surface area contributed by atoms with Gasteiger partial charge in [0.15, 0.2) is 0 Å². The Morgan fingerprint density at radius 1 is 1.43 bits per heavy atom. The molecule has 2 N–H and O–H groups in total. The zero-order chi connectivity index (χ0) is 15.8. The summed E-state index contributed by atoms with van der Waals surface area (Å²) in [5.41, 5.74) is 1.99. The van der Waals surface area contributed by atoms with E-state index in [2.05, 4.69) is 27.0 Å². The van der Waals surface area contributed by atoms with Gasteiger partial charge >= 0.3 is 0 Å². The minimum atomic E-state index is -0.189. The van der Waals surface area contributed by atoms with Crippen molar-refractivity contribution in [1.29, 1.82) is 0 Å². The van der Waals surface area contributed by atoms with Crippen molar-refractivity contribution >= 4 is 11.4 Å². The van der Waals surface area contributed by atoms with Crippen LogP contribution in [0.15, 0.2) is 24.5 Å². The Labute approximate surface area is 134 Å². The number of amides is 1. The molecule has 2 bridgehead atoms. The molecular formula is C17H18N4O2. The van der Waals surface area contributed by atoms with Crippen molar-refractivity contribution in [2.45, 2.75) is 12.5 Å². The van der Waals surface area contributed by atoms with Crippen LogP contribution < -0.4 is 5.32 Å². The highest BCUT2D eigenvalue weighted by atomic mass is 16.2. The summed E-state index contributed by atoms with van der Waals surface area (Å²) >= 11 is 0. The molecule has 2 saturated heterocycles. The summed E-state index contributed by atoms with van der Waals surface area (Å²) in [6.45, 7) is 2.99. The number of nitrogens with one attached hydrogen (secondary N) is 1. The molecule has 4 heterocycles. The minimum absolute atomic E-state index is 0.139. The van der Waals surface area contributed by atoms with Crippen LogP contribution in [0.1, 0.15) is 22.6 Å². The average Bonchev–Trinajstić information content (AvgIpc) is 3.27. The zero-order valence-corrected chi connectivity index (χ0v) is 12.7. The van der Waals surface area contributed by atoms with E-state index in [-0.39, 0.29) is 18.6 Å². The zero-order valence-electron chi connectivity index (χ0n) is 12.7. The van der Waals surface area contributed by atoms with Crippen LogP contribution in [0.25, 0.3) is 5.52 Å². The molecule has 1 amide bonds. The number of fused-ring (bicyclic) bond motifs is 3. The normalized spacial score (nSPS) is 25.3. The van der Waals surface area contributed by atoms with Gasteiger partial charge in [-0.25, -0.2) is 4.98 Å². The molecule has 4 rings (SSSR count). The van der Waals surface area contributed by atoms with Crippen LogP contribution in [-0.4, -0.2) is 57.6 Å². The molecule has 2 aromatic rings. The number of rotatable bonds is 2. The second-order valence-electron chi connectivity index (χ2n) is 6.13. The van der Waals surface area contributed by atoms with E-state index >= 15 is 0 Å². The predicted octanol–water partition coefficient (Wildman–Crippen LogP) is 0.112. The fourth-order valence-corrected chi connectivity index (χ4v) is 3.54. The molecule has 0 aromatic carbocycles. The molecule has 6 heteroatoms. The molecule has 0 spiro atoms. The fourth-order valence-electron chi connectivity index (χ4n) is 3.54. The van der Waals surface area contributed by atoms with Crippen molar-refractivity contribution in [1.82, 2.24) is 19.6 Å². The van der Waals surface area contributed by atoms with Crippen LogP contribution in [0, 0.1) is 17.8 Å². The summed E-state index contributed by atoms with van der Waals surface area (Å²) in [5, 5.41) is 11.9. The highest BCUT2D eigenvalue weighted by Gasteiger charge is 2.38. The maximum absolute atomic E-state index is 12.5. The number of aliphatic hydroxyl groups excluding tert-OH is 1. The molecule has 2 aliphatic heterocycles. The van der Waals surface area contributed by atoms with Crippen LogP contribution in [0.4, 0.5) is 0 Å². The molecule has 2 aromatic heterocycles. The Kier molecular flexibility index (Phi) is 3.52. The molecule has 2 aliphatic rings. The topological polar surface area (TPSA) is 69.9 Å². The van der Waals surface area contributed by atoms with Gasteiger partial charge in [0.25, 0.3) is 5.91 Å². The van der Waals surface area contributed by atoms with Gasteiger partial charge < -0.3 is 19.7 Å². The fraction of sp³-hybridized carbons (Fsp3) is 0.412. The summed E-state index contributed by atoms with van der Waals surface area (Å²) in [4.78, 5) is 19.1. The Balaban J connectivity index is 1.57. The lowest BCUT2D eigenvalue weighted by molar-refractivity contribution is 0.0919. The van der Waals surface area contributed by atoms with Crippen molar-refractivity contribution in [3.63, 3.8) is 0 Å². The number of carbonyl (C=O) groups is 1. The molecule has 2 fully saturated rings. The first kappa shape index (κ1) is 14.2. The van der Waals surface area contributed by atoms with E-state index < -0.39 is 0 Å². The van der Waals surface area contributed by atoms with E-state index in [0.717, 1.165) is 37.3 Å². The summed E-state index contributed by atoms with van der Waals surface area (Å²) in [5.74, 6) is 5.93. The SMILES string of the molecule is O=C(NC1CN2CC[C@H]1C2)c1cn2c(C#CCO)ccc2cn1. The van der Waals surface area contributed by atoms with Crippen LogP contribution in [0.2, 0.25) is 0 Å². The first-order chi connectivity index (χ1) is 11.2. The van der Waals surface area contributed by atoms with Crippen molar-refractivity contribution < 1.29 is 9.90 Å². The van der Waals surface area contributed by atoms with Gasteiger partial charge in [0.05, 0.1) is 17.4 Å². The largest absolute Gasteiger partial charge is 0.384 e. The Hall–Kier alpha value is -2.36. The third-order valence-electron chi connectivity index (χ3n) is 4.71. The van der Waals surface area contributed by atoms with Crippen LogP contribution >= 0.6 is 0 Å². The lowest BCUT2D eigenvalue weighted by atomic mass is 10.00. The molecule has 118 valence electrons. The smallest absolute Gasteiger partial charge is 0.271 e. The first-order valence-electron chi connectivity index (χ1n) is 7.84. The van der Waals surface area contributed by atoms with E-state index in [4.69, 9.17) is 5.11 Å². The number of aromatic nitrogens is 2. The van der Waals surface area contributed by atoms with Gasteiger partial charge in [-0.2, -0.15) is 0 Å². The van der Waals surface area contributed by atoms with Crippen molar-refractivity contribution in [3.8, 4) is 11.8 Å². The van der Waals surface area contributed by atoms with Gasteiger partial charge in [-0.15, -0.1) is 0 Å². The monoisotopic (exact) mass is 310 g/mol. The predicted molar refractivity (Wildman–Crippen MR) is 85.0 cm³/mol. The van der Waals surface area contributed by atoms with Crippen LogP contribution in [-0.2, 0) is 0 Å². The second-order valence-corrected chi connectivity index (χ2v) is 6.13. The number of nitrogens with zero attached hydrogens (tertiary/aromatic N) is 3. The van der Waals surface area contributed by atoms with E-state index in [0.29, 0.717) is 11.6 Å². The van der Waals surface area contributed by atoms with Gasteiger partial charge in [0, 0.05) is 25.3 Å². The molecule has 23 heavy (non-hydrogen) atoms. The molecule has 3 atom stereocenters. The molecule has 0 radical (unpaired) electrons. The van der Waals surface area contributed by atoms with Gasteiger partial charge in [-0.1, -0.05) is 5.92 Å². The van der Waals surface area contributed by atoms with E-state index in [1.54, 1.807) is 12.4 Å². The van der Waals surface area contributed by atoms with Crippen molar-refractivity contribution in [2.24, 2.45) is 5.92 Å². The van der Waals surface area contributed by atoms with Gasteiger partial charge in [0.1, 0.15) is 12.3 Å². The number of piperidine rings is 1.